The minimum Gasteiger partial charge on any atom is -0.379 e. The maximum atomic E-state index is 12.8. The summed E-state index contributed by atoms with van der Waals surface area (Å²) < 4.78 is 58.1. The lowest BCUT2D eigenvalue weighted by Gasteiger charge is -2.26. The Balaban J connectivity index is 1.36. The van der Waals surface area contributed by atoms with Crippen LogP contribution in [0.1, 0.15) is 24.0 Å². The first-order chi connectivity index (χ1) is 18.0. The molecule has 11 nitrogen and oxygen atoms in total. The highest BCUT2D eigenvalue weighted by Crippen LogP contribution is 2.23. The fraction of sp³-hybridized carbons (Fsp3) is 0.440. The third-order valence-electron chi connectivity index (χ3n) is 6.48. The van der Waals surface area contributed by atoms with Crippen LogP contribution in [-0.2, 0) is 47.5 Å². The number of morpholine rings is 1. The lowest BCUT2D eigenvalue weighted by molar-refractivity contribution is -0.128. The maximum Gasteiger partial charge on any atom is 0.243 e. The predicted molar refractivity (Wildman–Crippen MR) is 141 cm³/mol. The highest BCUT2D eigenvalue weighted by Gasteiger charge is 2.27. The van der Waals surface area contributed by atoms with Crippen molar-refractivity contribution in [3.8, 4) is 0 Å². The van der Waals surface area contributed by atoms with Crippen molar-refractivity contribution >= 4 is 37.5 Å². The standard InChI is InChI=1S/C25H32N4O7S2/c1-37(32,33)29(22-8-10-23(11-9-22)38(34,35)28-13-15-36-16-14-28)19-24(30)26-17-20-4-6-21(7-5-20)18-27-12-2-3-25(27)31/h4-11H,2-3,12-19H2,1H3,(H,26,30). The second-order valence-corrected chi connectivity index (χ2v) is 13.1. The van der Waals surface area contributed by atoms with Gasteiger partial charge in [-0.1, -0.05) is 24.3 Å². The van der Waals surface area contributed by atoms with Crippen LogP contribution in [0.15, 0.2) is 53.4 Å². The minimum atomic E-state index is -3.82. The van der Waals surface area contributed by atoms with Gasteiger partial charge in [-0.2, -0.15) is 4.31 Å². The molecular weight excluding hydrogens is 532 g/mol. The minimum absolute atomic E-state index is 0.0404. The third-order valence-corrected chi connectivity index (χ3v) is 9.53. The number of nitrogens with one attached hydrogen (secondary N) is 1. The van der Waals surface area contributed by atoms with Crippen molar-refractivity contribution in [1.82, 2.24) is 14.5 Å². The van der Waals surface area contributed by atoms with Crippen LogP contribution in [0.3, 0.4) is 0 Å². The van der Waals surface area contributed by atoms with Crippen LogP contribution < -0.4 is 9.62 Å². The van der Waals surface area contributed by atoms with Crippen molar-refractivity contribution in [2.24, 2.45) is 0 Å². The number of amides is 2. The quantitative estimate of drug-likeness (QED) is 0.454. The van der Waals surface area contributed by atoms with Crippen LogP contribution in [0.25, 0.3) is 0 Å². The van der Waals surface area contributed by atoms with E-state index in [9.17, 15) is 26.4 Å². The monoisotopic (exact) mass is 564 g/mol. The zero-order valence-electron chi connectivity index (χ0n) is 21.2. The summed E-state index contributed by atoms with van der Waals surface area (Å²) in [6.07, 6.45) is 2.46. The van der Waals surface area contributed by atoms with Gasteiger partial charge in [0.15, 0.2) is 0 Å². The van der Waals surface area contributed by atoms with E-state index in [2.05, 4.69) is 5.32 Å². The molecule has 0 radical (unpaired) electrons. The molecule has 0 bridgehead atoms. The van der Waals surface area contributed by atoms with Gasteiger partial charge in [0.25, 0.3) is 0 Å². The number of sulfonamides is 2. The highest BCUT2D eigenvalue weighted by molar-refractivity contribution is 7.92. The summed E-state index contributed by atoms with van der Waals surface area (Å²) in [7, 11) is -7.55. The smallest absolute Gasteiger partial charge is 0.243 e. The van der Waals surface area contributed by atoms with Gasteiger partial charge in [-0.05, 0) is 41.8 Å². The summed E-state index contributed by atoms with van der Waals surface area (Å²) in [5, 5.41) is 2.73. The third kappa shape index (κ3) is 6.90. The molecule has 2 fully saturated rings. The number of likely N-dealkylation sites (tertiary alicyclic amines) is 1. The number of benzene rings is 2. The van der Waals surface area contributed by atoms with Crippen LogP contribution in [-0.4, -0.2) is 83.5 Å². The van der Waals surface area contributed by atoms with Crippen molar-refractivity contribution < 1.29 is 31.2 Å². The van der Waals surface area contributed by atoms with Gasteiger partial charge in [0, 0.05) is 39.1 Å². The molecule has 0 saturated carbocycles. The SMILES string of the molecule is CS(=O)(=O)N(CC(=O)NCc1ccc(CN2CCCC2=O)cc1)c1ccc(S(=O)(=O)N2CCOCC2)cc1. The fourth-order valence-electron chi connectivity index (χ4n) is 4.36. The summed E-state index contributed by atoms with van der Waals surface area (Å²) >= 11 is 0. The van der Waals surface area contributed by atoms with E-state index >= 15 is 0 Å². The first-order valence-electron chi connectivity index (χ1n) is 12.3. The number of carbonyl (C=O) groups excluding carboxylic acids is 2. The number of hydrogen-bond acceptors (Lipinski definition) is 7. The van der Waals surface area contributed by atoms with Gasteiger partial charge < -0.3 is 15.0 Å². The van der Waals surface area contributed by atoms with E-state index in [-0.39, 0.29) is 36.1 Å². The Kier molecular flexibility index (Phi) is 8.71. The van der Waals surface area contributed by atoms with Gasteiger partial charge in [0.1, 0.15) is 6.54 Å². The number of rotatable bonds is 10. The molecule has 2 aliphatic rings. The summed E-state index contributed by atoms with van der Waals surface area (Å²) in [5.74, 6) is -0.350. The first-order valence-corrected chi connectivity index (χ1v) is 15.6. The molecule has 2 aliphatic heterocycles. The van der Waals surface area contributed by atoms with Gasteiger partial charge in [-0.25, -0.2) is 16.8 Å². The zero-order chi connectivity index (χ0) is 27.3. The van der Waals surface area contributed by atoms with E-state index in [1.54, 1.807) is 0 Å². The molecule has 38 heavy (non-hydrogen) atoms. The van der Waals surface area contributed by atoms with Crippen LogP contribution in [0.5, 0.6) is 0 Å². The fourth-order valence-corrected chi connectivity index (χ4v) is 6.63. The van der Waals surface area contributed by atoms with E-state index < -0.39 is 32.5 Å². The van der Waals surface area contributed by atoms with Crippen LogP contribution in [0, 0.1) is 0 Å². The number of carbonyl (C=O) groups is 2. The van der Waals surface area contributed by atoms with Gasteiger partial charge in [0.05, 0.1) is 30.1 Å². The maximum absolute atomic E-state index is 12.8. The Morgan fingerprint density at radius 2 is 1.58 bits per heavy atom. The zero-order valence-corrected chi connectivity index (χ0v) is 22.8. The molecule has 0 unspecified atom stereocenters. The van der Waals surface area contributed by atoms with Crippen molar-refractivity contribution in [3.63, 3.8) is 0 Å². The lowest BCUT2D eigenvalue weighted by Crippen LogP contribution is -2.41. The van der Waals surface area contributed by atoms with E-state index in [0.717, 1.165) is 34.7 Å². The molecule has 0 aliphatic carbocycles. The molecule has 1 N–H and O–H groups in total. The van der Waals surface area contributed by atoms with Gasteiger partial charge >= 0.3 is 0 Å². The second kappa shape index (κ2) is 11.8. The average Bonchev–Trinajstić information content (AvgIpc) is 3.30. The Labute approximate surface area is 223 Å². The molecule has 206 valence electrons. The molecule has 2 heterocycles. The molecule has 0 aromatic heterocycles. The number of anilines is 1. The normalized spacial score (nSPS) is 17.0. The van der Waals surface area contributed by atoms with Crippen molar-refractivity contribution in [2.45, 2.75) is 30.8 Å². The molecule has 4 rings (SSSR count). The first kappa shape index (κ1) is 28.0. The summed E-state index contributed by atoms with van der Waals surface area (Å²) in [5.41, 5.74) is 2.01. The Morgan fingerprint density at radius 1 is 0.947 bits per heavy atom. The number of ether oxygens (including phenoxy) is 1. The Bertz CT molecular complexity index is 1360. The summed E-state index contributed by atoms with van der Waals surface area (Å²) in [6.45, 7) is 2.21. The molecule has 2 amide bonds. The molecular formula is C25H32N4O7S2. The van der Waals surface area contributed by atoms with Crippen LogP contribution in [0.2, 0.25) is 0 Å². The molecule has 13 heteroatoms. The van der Waals surface area contributed by atoms with Gasteiger partial charge in [0.2, 0.25) is 31.9 Å². The number of nitrogens with zero attached hydrogens (tertiary/aromatic N) is 3. The van der Waals surface area contributed by atoms with Crippen molar-refractivity contribution in [3.05, 3.63) is 59.7 Å². The van der Waals surface area contributed by atoms with E-state index in [0.29, 0.717) is 26.2 Å². The molecule has 0 atom stereocenters. The largest absolute Gasteiger partial charge is 0.379 e. The van der Waals surface area contributed by atoms with E-state index in [4.69, 9.17) is 4.74 Å². The van der Waals surface area contributed by atoms with Gasteiger partial charge in [-0.15, -0.1) is 0 Å². The van der Waals surface area contributed by atoms with E-state index in [1.807, 2.05) is 29.2 Å². The Hall–Kier alpha value is -3.00. The van der Waals surface area contributed by atoms with E-state index in [1.165, 1.54) is 28.6 Å². The van der Waals surface area contributed by atoms with Crippen LogP contribution >= 0.6 is 0 Å². The van der Waals surface area contributed by atoms with Gasteiger partial charge in [-0.3, -0.25) is 13.9 Å². The predicted octanol–water partition coefficient (Wildman–Crippen LogP) is 0.912. The van der Waals surface area contributed by atoms with Crippen molar-refractivity contribution in [2.75, 3.05) is 50.0 Å². The molecule has 0 spiro atoms. The molecule has 2 aromatic carbocycles. The summed E-state index contributed by atoms with van der Waals surface area (Å²) in [4.78, 5) is 26.3. The Morgan fingerprint density at radius 3 is 2.16 bits per heavy atom. The molecule has 2 saturated heterocycles. The average molecular weight is 565 g/mol. The highest BCUT2D eigenvalue weighted by atomic mass is 32.2. The number of hydrogen-bond donors (Lipinski definition) is 1. The summed E-state index contributed by atoms with van der Waals surface area (Å²) in [6, 6.07) is 13.0. The van der Waals surface area contributed by atoms with Crippen molar-refractivity contribution in [1.29, 1.82) is 0 Å². The topological polar surface area (TPSA) is 133 Å². The molecule has 2 aromatic rings. The lowest BCUT2D eigenvalue weighted by atomic mass is 10.1. The second-order valence-electron chi connectivity index (χ2n) is 9.29. The van der Waals surface area contributed by atoms with Crippen LogP contribution in [0.4, 0.5) is 5.69 Å².